The van der Waals surface area contributed by atoms with Crippen molar-refractivity contribution >= 4 is 6.71 Å². The molecule has 0 bridgehead atoms. The van der Waals surface area contributed by atoms with Gasteiger partial charge in [0.2, 0.25) is 0 Å². The maximum Gasteiger partial charge on any atom is 0.156 e. The molecule has 0 aromatic carbocycles. The van der Waals surface area contributed by atoms with Gasteiger partial charge in [0.1, 0.15) is 0 Å². The van der Waals surface area contributed by atoms with E-state index in [9.17, 15) is 0 Å². The lowest BCUT2D eigenvalue weighted by Gasteiger charge is -2.71. The van der Waals surface area contributed by atoms with Crippen molar-refractivity contribution in [3.05, 3.63) is 0 Å². The minimum absolute atomic E-state index is 0.372. The maximum absolute atomic E-state index is 3.71. The van der Waals surface area contributed by atoms with E-state index >= 15 is 0 Å². The lowest BCUT2D eigenvalue weighted by molar-refractivity contribution is -0.155. The average molecular weight is 1180 g/mol. The Morgan fingerprint density at radius 2 is 0.640 bits per heavy atom. The van der Waals surface area contributed by atoms with Crippen molar-refractivity contribution < 1.29 is 0 Å². The highest BCUT2D eigenvalue weighted by Gasteiger charge is 2.68. The Morgan fingerprint density at radius 3 is 1.17 bits per heavy atom. The Balaban J connectivity index is 0.779. The summed E-state index contributed by atoms with van der Waals surface area (Å²) in [6, 6.07) is 7.78. The zero-order valence-electron chi connectivity index (χ0n) is 58.2. The average Bonchev–Trinajstić information content (AvgIpc) is 0.809. The van der Waals surface area contributed by atoms with Crippen LogP contribution in [-0.2, 0) is 0 Å². The maximum atomic E-state index is 3.71. The molecule has 0 spiro atoms. The van der Waals surface area contributed by atoms with Crippen LogP contribution in [0.2, 0.25) is 17.5 Å². The molecular weight excluding hydrogens is 1040 g/mol. The van der Waals surface area contributed by atoms with Crippen molar-refractivity contribution in [2.45, 2.75) is 397 Å². The summed E-state index contributed by atoms with van der Waals surface area (Å²) in [5, 5.41) is 0. The predicted octanol–water partition coefficient (Wildman–Crippen LogP) is 21.6. The van der Waals surface area contributed by atoms with Gasteiger partial charge in [-0.1, -0.05) is 171 Å². The van der Waals surface area contributed by atoms with Crippen molar-refractivity contribution in [1.29, 1.82) is 0 Å². The molecule has 23 atom stereocenters. The van der Waals surface area contributed by atoms with E-state index in [1.165, 1.54) is 64.2 Å². The SMILES string of the molecule is CC(C)(C)C1CC2CCC3CC(C(C)(C)C)CC4C(C5CCC6B7C8CCC(N9C%10CCCCC%10C%10CCCCC%109)CC8N(C8CCC(C9CCCCC9)CC8)C8CC(C(C)(C)C)CC(C78)N(C7CCC(C8CCCCC8)CC7)C6C5)CC(C1)C2C34. The lowest BCUT2D eigenvalue weighted by atomic mass is 9.18. The Kier molecular flexibility index (Phi) is 17.0. The zero-order valence-corrected chi connectivity index (χ0v) is 58.2. The summed E-state index contributed by atoms with van der Waals surface area (Å²) >= 11 is 0. The molecule has 13 saturated carbocycles. The fraction of sp³-hybridized carbons (Fsp3) is 1.00. The minimum atomic E-state index is 0.372. The zero-order chi connectivity index (χ0) is 58.5. The topological polar surface area (TPSA) is 9.72 Å². The van der Waals surface area contributed by atoms with E-state index in [-0.39, 0.29) is 0 Å². The summed E-state index contributed by atoms with van der Waals surface area (Å²) in [7, 11) is 0. The third-order valence-corrected chi connectivity index (χ3v) is 34.1. The molecule has 3 saturated heterocycles. The molecule has 23 unspecified atom stereocenters. The smallest absolute Gasteiger partial charge is 0.156 e. The standard InChI is InChI=1S/C82H138BN3/c1-80(2,3)59-42-56-28-29-57-43-60(81(4,5)6)47-68-67(45-58(44-59)77(56)78(57)68)55-34-40-69-73(46-55)84(62-35-30-53(31-36-62)51-20-12-10-13-21-51)75-48-61(82(7,8)9)49-76-79(75)83(69)70-41-39-64(86-71-26-18-16-24-65(71)66-25-17-19-27-72(66)86)50-74(70)85(76)63-37-32-54(33-38-63)52-22-14-11-15-23-52/h51-79H,10-50H2,1-9H3. The molecule has 0 radical (unpaired) electrons. The molecule has 86 heavy (non-hydrogen) atoms. The summed E-state index contributed by atoms with van der Waals surface area (Å²) in [4.78, 5) is 10.9. The van der Waals surface area contributed by atoms with E-state index in [0.717, 1.165) is 179 Å². The molecule has 3 heterocycles. The molecular formula is C82H138BN3. The van der Waals surface area contributed by atoms with Gasteiger partial charge < -0.3 is 0 Å². The first-order valence-electron chi connectivity index (χ1n) is 40.9. The molecule has 3 nitrogen and oxygen atoms in total. The monoisotopic (exact) mass is 1180 g/mol. The highest BCUT2D eigenvalue weighted by atomic mass is 15.3. The van der Waals surface area contributed by atoms with Gasteiger partial charge in [0.15, 0.2) is 6.71 Å². The first-order valence-corrected chi connectivity index (χ1v) is 40.9. The van der Waals surface area contributed by atoms with Crippen molar-refractivity contribution in [2.24, 2.45) is 117 Å². The van der Waals surface area contributed by atoms with Crippen LogP contribution in [0.4, 0.5) is 0 Å². The van der Waals surface area contributed by atoms with Gasteiger partial charge in [-0.05, 0) is 288 Å². The summed E-state index contributed by atoms with van der Waals surface area (Å²) in [6.07, 6.45) is 64.1. The summed E-state index contributed by atoms with van der Waals surface area (Å²) in [5.41, 5.74) is 1.28. The minimum Gasteiger partial charge on any atom is -0.295 e. The number of hydrogen-bond donors (Lipinski definition) is 0. The van der Waals surface area contributed by atoms with Crippen LogP contribution in [0.1, 0.15) is 326 Å². The highest BCUT2D eigenvalue weighted by Crippen LogP contribution is 2.70. The molecule has 16 fully saturated rings. The van der Waals surface area contributed by atoms with Crippen LogP contribution < -0.4 is 0 Å². The molecule has 16 rings (SSSR count). The third kappa shape index (κ3) is 10.8. The molecule has 4 heteroatoms. The van der Waals surface area contributed by atoms with Gasteiger partial charge in [0, 0.05) is 54.4 Å². The Bertz CT molecular complexity index is 2260. The second-order valence-electron chi connectivity index (χ2n) is 40.3. The number of rotatable bonds is 6. The molecule has 0 amide bonds. The normalized spacial score (nSPS) is 50.9. The number of fused-ring (bicyclic) bond motifs is 7. The molecule has 0 aromatic heterocycles. The molecule has 13 aliphatic carbocycles. The van der Waals surface area contributed by atoms with E-state index in [1.807, 2.05) is 0 Å². The van der Waals surface area contributed by atoms with Crippen LogP contribution in [0.25, 0.3) is 0 Å². The van der Waals surface area contributed by atoms with E-state index in [1.54, 1.807) is 199 Å². The molecule has 484 valence electrons. The molecule has 0 aromatic rings. The van der Waals surface area contributed by atoms with Crippen molar-refractivity contribution in [3.8, 4) is 0 Å². The molecule has 0 N–H and O–H groups in total. The largest absolute Gasteiger partial charge is 0.295 e. The second kappa shape index (κ2) is 24.0. The van der Waals surface area contributed by atoms with Crippen LogP contribution in [0, 0.1) is 117 Å². The van der Waals surface area contributed by atoms with E-state index < -0.39 is 0 Å². The summed E-state index contributed by atoms with van der Waals surface area (Å²) in [6.45, 7) is 25.3. The first kappa shape index (κ1) is 60.9. The van der Waals surface area contributed by atoms with E-state index in [0.29, 0.717) is 16.2 Å². The molecule has 3 aliphatic heterocycles. The van der Waals surface area contributed by atoms with Crippen LogP contribution in [0.3, 0.4) is 0 Å². The highest BCUT2D eigenvalue weighted by molar-refractivity contribution is 6.65. The van der Waals surface area contributed by atoms with E-state index in [2.05, 4.69) is 77.0 Å². The van der Waals surface area contributed by atoms with Gasteiger partial charge in [0.25, 0.3) is 0 Å². The fourth-order valence-electron chi connectivity index (χ4n) is 30.4. The van der Waals surface area contributed by atoms with Crippen LogP contribution >= 0.6 is 0 Å². The predicted molar refractivity (Wildman–Crippen MR) is 364 cm³/mol. The van der Waals surface area contributed by atoms with Gasteiger partial charge in [-0.15, -0.1) is 0 Å². The van der Waals surface area contributed by atoms with Crippen LogP contribution in [0.15, 0.2) is 0 Å². The van der Waals surface area contributed by atoms with Gasteiger partial charge in [-0.2, -0.15) is 0 Å². The van der Waals surface area contributed by atoms with Gasteiger partial charge >= 0.3 is 0 Å². The number of hydrogen-bond acceptors (Lipinski definition) is 3. The quantitative estimate of drug-likeness (QED) is 0.246. The Morgan fingerprint density at radius 1 is 0.244 bits per heavy atom. The number of nitrogens with zero attached hydrogens (tertiary/aromatic N) is 3. The molecule has 16 aliphatic rings. The first-order chi connectivity index (χ1) is 41.5. The van der Waals surface area contributed by atoms with E-state index in [4.69, 9.17) is 0 Å². The van der Waals surface area contributed by atoms with Crippen LogP contribution in [-0.4, -0.2) is 75.8 Å². The lowest BCUT2D eigenvalue weighted by Crippen LogP contribution is -2.75. The third-order valence-electron chi connectivity index (χ3n) is 34.1. The number of likely N-dealkylation sites (tertiary alicyclic amines) is 1. The van der Waals surface area contributed by atoms with Crippen molar-refractivity contribution in [2.75, 3.05) is 0 Å². The van der Waals surface area contributed by atoms with Crippen molar-refractivity contribution in [3.63, 3.8) is 0 Å². The van der Waals surface area contributed by atoms with Gasteiger partial charge in [0.05, 0.1) is 0 Å². The Hall–Kier alpha value is -0.0551. The van der Waals surface area contributed by atoms with Crippen LogP contribution in [0.5, 0.6) is 0 Å². The Labute approximate surface area is 532 Å². The summed E-state index contributed by atoms with van der Waals surface area (Å²) in [5.74, 6) is 20.0. The van der Waals surface area contributed by atoms with Gasteiger partial charge in [-0.3, -0.25) is 14.7 Å². The summed E-state index contributed by atoms with van der Waals surface area (Å²) < 4.78 is 0. The van der Waals surface area contributed by atoms with Crippen molar-refractivity contribution in [1.82, 2.24) is 14.7 Å². The van der Waals surface area contributed by atoms with Gasteiger partial charge in [-0.25, -0.2) is 0 Å². The fourth-order valence-corrected chi connectivity index (χ4v) is 30.4. The second-order valence-corrected chi connectivity index (χ2v) is 40.3.